The summed E-state index contributed by atoms with van der Waals surface area (Å²) in [4.78, 5) is 20.5. The van der Waals surface area contributed by atoms with Crippen molar-refractivity contribution in [1.82, 2.24) is 19.7 Å². The van der Waals surface area contributed by atoms with Crippen molar-refractivity contribution in [2.24, 2.45) is 0 Å². The zero-order chi connectivity index (χ0) is 23.5. The molecule has 3 aromatic rings. The third-order valence-corrected chi connectivity index (χ3v) is 6.99. The van der Waals surface area contributed by atoms with Gasteiger partial charge in [-0.25, -0.2) is 9.67 Å². The number of likely N-dealkylation sites (tertiary alicyclic amines) is 1. The quantitative estimate of drug-likeness (QED) is 0.484. The lowest BCUT2D eigenvalue weighted by Gasteiger charge is -2.31. The molecule has 1 aliphatic heterocycles. The van der Waals surface area contributed by atoms with E-state index in [0.29, 0.717) is 12.8 Å². The van der Waals surface area contributed by atoms with Gasteiger partial charge in [0.2, 0.25) is 5.91 Å². The second kappa shape index (κ2) is 9.94. The number of nitrogens with zero attached hydrogens (tertiary/aromatic N) is 4. The lowest BCUT2D eigenvalue weighted by molar-refractivity contribution is -0.133. The van der Waals surface area contributed by atoms with E-state index in [9.17, 15) is 4.79 Å². The average molecular weight is 449 g/mol. The third kappa shape index (κ3) is 4.75. The Morgan fingerprint density at radius 3 is 2.61 bits per heavy atom. The maximum Gasteiger partial charge on any atom is 0.223 e. The molecule has 1 aliphatic rings. The molecule has 1 fully saturated rings. The highest BCUT2D eigenvalue weighted by atomic mass is 16.5. The zero-order valence-corrected chi connectivity index (χ0v) is 20.6. The molecule has 1 atom stereocenters. The van der Waals surface area contributed by atoms with Crippen LogP contribution >= 0.6 is 0 Å². The highest BCUT2D eigenvalue weighted by Crippen LogP contribution is 2.32. The fourth-order valence-electron chi connectivity index (χ4n) is 5.09. The Kier molecular flexibility index (Phi) is 7.01. The van der Waals surface area contributed by atoms with Crippen LogP contribution in [0.1, 0.15) is 80.4 Å². The molecule has 1 aromatic carbocycles. The Balaban J connectivity index is 1.54. The maximum atomic E-state index is 13.5. The van der Waals surface area contributed by atoms with Crippen molar-refractivity contribution in [2.75, 3.05) is 13.7 Å². The largest absolute Gasteiger partial charge is 0.497 e. The van der Waals surface area contributed by atoms with Gasteiger partial charge in [0, 0.05) is 30.1 Å². The molecule has 0 saturated carbocycles. The summed E-state index contributed by atoms with van der Waals surface area (Å²) in [5.41, 5.74) is 5.50. The smallest absolute Gasteiger partial charge is 0.223 e. The van der Waals surface area contributed by atoms with Crippen molar-refractivity contribution in [3.8, 4) is 5.75 Å². The number of pyridine rings is 1. The van der Waals surface area contributed by atoms with Crippen molar-refractivity contribution in [3.63, 3.8) is 0 Å². The molecule has 0 unspecified atom stereocenters. The van der Waals surface area contributed by atoms with Gasteiger partial charge in [0.15, 0.2) is 5.65 Å². The number of methoxy groups -OCH3 is 1. The minimum absolute atomic E-state index is 0.137. The second-order valence-corrected chi connectivity index (χ2v) is 9.45. The minimum Gasteiger partial charge on any atom is -0.497 e. The van der Waals surface area contributed by atoms with Crippen molar-refractivity contribution in [3.05, 3.63) is 52.8 Å². The maximum absolute atomic E-state index is 13.5. The third-order valence-electron chi connectivity index (χ3n) is 6.99. The molecule has 176 valence electrons. The van der Waals surface area contributed by atoms with Gasteiger partial charge in [-0.1, -0.05) is 25.0 Å². The summed E-state index contributed by atoms with van der Waals surface area (Å²) < 4.78 is 7.29. The molecule has 2 aromatic heterocycles. The van der Waals surface area contributed by atoms with Crippen LogP contribution in [0.15, 0.2) is 30.5 Å². The van der Waals surface area contributed by atoms with E-state index in [-0.39, 0.29) is 18.0 Å². The molecule has 0 N–H and O–H groups in total. The van der Waals surface area contributed by atoms with Crippen LogP contribution in [0.5, 0.6) is 5.75 Å². The number of fused-ring (bicyclic) bond motifs is 1. The average Bonchev–Trinajstić information content (AvgIpc) is 3.08. The van der Waals surface area contributed by atoms with Crippen molar-refractivity contribution >= 4 is 16.9 Å². The molecule has 0 radical (unpaired) electrons. The number of rotatable bonds is 6. The molecule has 4 rings (SSSR count). The Hall–Kier alpha value is -2.89. The van der Waals surface area contributed by atoms with Gasteiger partial charge in [0.25, 0.3) is 0 Å². The predicted octanol–water partition coefficient (Wildman–Crippen LogP) is 5.71. The number of aryl methyl sites for hydroxylation is 2. The van der Waals surface area contributed by atoms with Crippen LogP contribution in [-0.4, -0.2) is 39.2 Å². The predicted molar refractivity (Wildman–Crippen MR) is 132 cm³/mol. The monoisotopic (exact) mass is 448 g/mol. The first-order valence-electron chi connectivity index (χ1n) is 12.2. The first-order chi connectivity index (χ1) is 15.9. The number of hydrogen-bond acceptors (Lipinski definition) is 4. The van der Waals surface area contributed by atoms with Crippen LogP contribution < -0.4 is 4.74 Å². The van der Waals surface area contributed by atoms with Crippen LogP contribution in [-0.2, 0) is 11.2 Å². The van der Waals surface area contributed by atoms with Crippen molar-refractivity contribution in [1.29, 1.82) is 0 Å². The van der Waals surface area contributed by atoms with Crippen LogP contribution in [0.2, 0.25) is 0 Å². The number of carbonyl (C=O) groups is 1. The van der Waals surface area contributed by atoms with E-state index in [1.165, 1.54) is 23.1 Å². The van der Waals surface area contributed by atoms with Gasteiger partial charge in [-0.15, -0.1) is 0 Å². The number of amides is 1. The Bertz CT molecular complexity index is 1120. The van der Waals surface area contributed by atoms with Crippen LogP contribution in [0, 0.1) is 13.8 Å². The summed E-state index contributed by atoms with van der Waals surface area (Å²) in [5.74, 6) is 1.08. The summed E-state index contributed by atoms with van der Waals surface area (Å²) in [7, 11) is 1.68. The number of ether oxygens (including phenoxy) is 1. The van der Waals surface area contributed by atoms with Crippen molar-refractivity contribution < 1.29 is 9.53 Å². The summed E-state index contributed by atoms with van der Waals surface area (Å²) in [6.45, 7) is 9.24. The second-order valence-electron chi connectivity index (χ2n) is 9.45. The van der Waals surface area contributed by atoms with E-state index in [4.69, 9.17) is 9.72 Å². The first kappa shape index (κ1) is 23.3. The first-order valence-corrected chi connectivity index (χ1v) is 12.2. The summed E-state index contributed by atoms with van der Waals surface area (Å²) in [6, 6.07) is 8.60. The highest BCUT2D eigenvalue weighted by molar-refractivity contribution is 5.81. The molecule has 0 aliphatic carbocycles. The van der Waals surface area contributed by atoms with Crippen LogP contribution in [0.3, 0.4) is 0 Å². The Morgan fingerprint density at radius 1 is 1.15 bits per heavy atom. The molecule has 3 heterocycles. The molecule has 6 nitrogen and oxygen atoms in total. The summed E-state index contributed by atoms with van der Waals surface area (Å²) in [6.07, 6.45) is 7.53. The number of benzene rings is 1. The molecule has 1 saturated heterocycles. The van der Waals surface area contributed by atoms with Gasteiger partial charge in [-0.05, 0) is 75.8 Å². The Morgan fingerprint density at radius 2 is 1.91 bits per heavy atom. The number of hydrogen-bond donors (Lipinski definition) is 0. The standard InChI is InChI=1S/C27H36N4O2/c1-18(2)31-27-24(17-28-31)19(3)23(20(4)29-27)14-15-26(32)30-16-8-6-7-9-25(30)21-10-12-22(33-5)13-11-21/h10-13,17-18,25H,6-9,14-16H2,1-5H3/t25-/m1/s1. The zero-order valence-electron chi connectivity index (χ0n) is 20.6. The van der Waals surface area contributed by atoms with Gasteiger partial charge in [0.1, 0.15) is 5.75 Å². The molecule has 0 spiro atoms. The van der Waals surface area contributed by atoms with Crippen LogP contribution in [0.4, 0.5) is 0 Å². The molecule has 0 bridgehead atoms. The lowest BCUT2D eigenvalue weighted by Crippen LogP contribution is -2.35. The van der Waals surface area contributed by atoms with E-state index in [2.05, 4.69) is 49.8 Å². The molecule has 33 heavy (non-hydrogen) atoms. The minimum atomic E-state index is 0.137. The topological polar surface area (TPSA) is 60.2 Å². The Labute approximate surface area is 197 Å². The van der Waals surface area contributed by atoms with Gasteiger partial charge in [-0.3, -0.25) is 4.79 Å². The summed E-state index contributed by atoms with van der Waals surface area (Å²) in [5, 5.41) is 5.63. The molecule has 1 amide bonds. The van der Waals surface area contributed by atoms with Crippen molar-refractivity contribution in [2.45, 2.75) is 78.3 Å². The van der Waals surface area contributed by atoms with E-state index in [1.54, 1.807) is 7.11 Å². The van der Waals surface area contributed by atoms with Gasteiger partial charge < -0.3 is 9.64 Å². The summed E-state index contributed by atoms with van der Waals surface area (Å²) >= 11 is 0. The highest BCUT2D eigenvalue weighted by Gasteiger charge is 2.27. The number of aromatic nitrogens is 3. The van der Waals surface area contributed by atoms with E-state index >= 15 is 0 Å². The van der Waals surface area contributed by atoms with E-state index < -0.39 is 0 Å². The SMILES string of the molecule is COc1ccc([C@H]2CCCCCN2C(=O)CCc2c(C)nc3c(cnn3C(C)C)c2C)cc1. The lowest BCUT2D eigenvalue weighted by atomic mass is 9.98. The van der Waals surface area contributed by atoms with Gasteiger partial charge in [0.05, 0.1) is 19.3 Å². The van der Waals surface area contributed by atoms with E-state index in [0.717, 1.165) is 48.3 Å². The fraction of sp³-hybridized carbons (Fsp3) is 0.519. The normalized spacial score (nSPS) is 16.9. The molecule has 6 heteroatoms. The molecular formula is C27H36N4O2. The fourth-order valence-corrected chi connectivity index (χ4v) is 5.09. The van der Waals surface area contributed by atoms with E-state index in [1.807, 2.05) is 23.0 Å². The number of carbonyl (C=O) groups excluding carboxylic acids is 1. The van der Waals surface area contributed by atoms with Gasteiger partial charge >= 0.3 is 0 Å². The van der Waals surface area contributed by atoms with Gasteiger partial charge in [-0.2, -0.15) is 5.10 Å². The van der Waals surface area contributed by atoms with Crippen LogP contribution in [0.25, 0.3) is 11.0 Å². The molecular weight excluding hydrogens is 412 g/mol.